The van der Waals surface area contributed by atoms with Crippen LogP contribution in [-0.2, 0) is 4.79 Å². The van der Waals surface area contributed by atoms with Crippen molar-refractivity contribution in [3.8, 4) is 5.75 Å². The number of aliphatic imine (C=N–C) groups is 1. The Labute approximate surface area is 141 Å². The van der Waals surface area contributed by atoms with Gasteiger partial charge in [-0.05, 0) is 42.5 Å². The van der Waals surface area contributed by atoms with Crippen molar-refractivity contribution in [2.24, 2.45) is 10.8 Å². The van der Waals surface area contributed by atoms with Gasteiger partial charge >= 0.3 is 0 Å². The van der Waals surface area contributed by atoms with Crippen LogP contribution >= 0.6 is 11.8 Å². The summed E-state index contributed by atoms with van der Waals surface area (Å²) in [4.78, 5) is 12.6. The predicted molar refractivity (Wildman–Crippen MR) is 98.0 cm³/mol. The van der Waals surface area contributed by atoms with Crippen LogP contribution < -0.4 is 21.3 Å². The number of rotatable bonds is 9. The van der Waals surface area contributed by atoms with Crippen molar-refractivity contribution in [2.75, 3.05) is 24.7 Å². The number of hydrazine groups is 1. The van der Waals surface area contributed by atoms with Gasteiger partial charge in [0.25, 0.3) is 0 Å². The highest BCUT2D eigenvalue weighted by atomic mass is 32.2. The molecule has 6 nitrogen and oxygen atoms in total. The van der Waals surface area contributed by atoms with E-state index < -0.39 is 0 Å². The normalized spacial score (nSPS) is 13.0. The Balaban J connectivity index is 0.000000593. The number of hydrogen-bond acceptors (Lipinski definition) is 6. The van der Waals surface area contributed by atoms with Gasteiger partial charge in [0.15, 0.2) is 0 Å². The number of ether oxygens (including phenoxy) is 1. The molecule has 1 amide bonds. The third kappa shape index (κ3) is 7.21. The van der Waals surface area contributed by atoms with E-state index in [2.05, 4.69) is 41.1 Å². The average Bonchev–Trinajstić information content (AvgIpc) is 3.43. The fraction of sp³-hybridized carbons (Fsp3) is 0.375. The number of nitrogens with two attached hydrogens (primary N) is 1. The van der Waals surface area contributed by atoms with E-state index >= 15 is 0 Å². The zero-order valence-electron chi connectivity index (χ0n) is 13.3. The second-order valence-corrected chi connectivity index (χ2v) is 5.73. The van der Waals surface area contributed by atoms with Crippen LogP contribution in [0, 0.1) is 0 Å². The van der Waals surface area contributed by atoms with Crippen LogP contribution in [0.25, 0.3) is 0 Å². The lowest BCUT2D eigenvalue weighted by Gasteiger charge is -2.15. The largest absolute Gasteiger partial charge is 0.490 e. The zero-order chi connectivity index (χ0) is 16.9. The van der Waals surface area contributed by atoms with Gasteiger partial charge in [-0.1, -0.05) is 12.1 Å². The van der Waals surface area contributed by atoms with E-state index in [1.807, 2.05) is 12.5 Å². The molecule has 1 saturated carbocycles. The van der Waals surface area contributed by atoms with Gasteiger partial charge in [-0.3, -0.25) is 15.2 Å². The number of hydrogen-bond donors (Lipinski definition) is 3. The van der Waals surface area contributed by atoms with E-state index in [9.17, 15) is 0 Å². The molecule has 0 saturated heterocycles. The highest BCUT2D eigenvalue weighted by Gasteiger charge is 2.27. The Morgan fingerprint density at radius 1 is 1.52 bits per heavy atom. The van der Waals surface area contributed by atoms with Gasteiger partial charge in [0.2, 0.25) is 6.41 Å². The number of para-hydroxylation sites is 1. The van der Waals surface area contributed by atoms with Crippen LogP contribution in [0.5, 0.6) is 5.75 Å². The van der Waals surface area contributed by atoms with Crippen LogP contribution in [0.2, 0.25) is 0 Å². The summed E-state index contributed by atoms with van der Waals surface area (Å²) in [5.41, 5.74) is 4.18. The number of nitrogens with one attached hydrogen (secondary N) is 2. The van der Waals surface area contributed by atoms with Crippen molar-refractivity contribution in [3.05, 3.63) is 35.4 Å². The van der Waals surface area contributed by atoms with Crippen molar-refractivity contribution in [1.82, 2.24) is 5.43 Å². The van der Waals surface area contributed by atoms with Crippen molar-refractivity contribution in [1.29, 1.82) is 0 Å². The summed E-state index contributed by atoms with van der Waals surface area (Å²) in [6.45, 7) is 4.10. The van der Waals surface area contributed by atoms with E-state index in [-0.39, 0.29) is 0 Å². The zero-order valence-corrected chi connectivity index (χ0v) is 14.1. The summed E-state index contributed by atoms with van der Waals surface area (Å²) >= 11 is 1.68. The lowest BCUT2D eigenvalue weighted by atomic mass is 10.1. The third-order valence-corrected chi connectivity index (χ3v) is 3.83. The SMILES string of the molecule is C=N/C=C\SCCOc1c(NC)cccc1C1CC1.NNC=O. The van der Waals surface area contributed by atoms with Crippen LogP contribution in [-0.4, -0.2) is 32.5 Å². The fourth-order valence-electron chi connectivity index (χ4n) is 1.97. The number of thioether (sulfide) groups is 1. The molecule has 0 aromatic heterocycles. The minimum absolute atomic E-state index is 0.403. The first-order valence-electron chi connectivity index (χ1n) is 7.34. The topological polar surface area (TPSA) is 88.7 Å². The Bertz CT molecular complexity index is 519. The molecule has 0 unspecified atom stereocenters. The van der Waals surface area contributed by atoms with Crippen molar-refractivity contribution in [3.63, 3.8) is 0 Å². The van der Waals surface area contributed by atoms with E-state index in [1.165, 1.54) is 18.4 Å². The highest BCUT2D eigenvalue weighted by molar-refractivity contribution is 8.02. The number of benzene rings is 1. The molecule has 0 spiro atoms. The smallest absolute Gasteiger partial charge is 0.221 e. The molecule has 0 heterocycles. The maximum atomic E-state index is 8.94. The Hall–Kier alpha value is -1.99. The van der Waals surface area contributed by atoms with Crippen molar-refractivity contribution < 1.29 is 9.53 Å². The van der Waals surface area contributed by atoms with E-state index in [0.29, 0.717) is 18.9 Å². The number of carbonyl (C=O) groups is 1. The van der Waals surface area contributed by atoms with Crippen LogP contribution in [0.1, 0.15) is 24.3 Å². The predicted octanol–water partition coefficient (Wildman–Crippen LogP) is 2.50. The fourth-order valence-corrected chi connectivity index (χ4v) is 2.46. The van der Waals surface area contributed by atoms with Gasteiger partial charge in [0, 0.05) is 19.0 Å². The van der Waals surface area contributed by atoms with Crippen LogP contribution in [0.4, 0.5) is 5.69 Å². The average molecular weight is 336 g/mol. The summed E-state index contributed by atoms with van der Waals surface area (Å²) in [5, 5.41) is 5.14. The summed E-state index contributed by atoms with van der Waals surface area (Å²) < 4.78 is 5.98. The monoisotopic (exact) mass is 336 g/mol. The molecule has 1 aromatic rings. The molecule has 7 heteroatoms. The molecule has 4 N–H and O–H groups in total. The standard InChI is InChI=1S/C15H20N2OS.CH4N2O/c1-16-8-10-19-11-9-18-15-13(12-6-7-12)4-3-5-14(15)17-2;2-3-1-4/h3-5,8,10,12,17H,1,6-7,9,11H2,2H3;1H,2H2,(H,3,4)/b10-8-;. The molecule has 1 aromatic carbocycles. The molecule has 1 aliphatic carbocycles. The number of carbonyl (C=O) groups excluding carboxylic acids is 1. The summed E-state index contributed by atoms with van der Waals surface area (Å²) in [5.74, 6) is 7.04. The van der Waals surface area contributed by atoms with Crippen molar-refractivity contribution >= 4 is 30.6 Å². The molecule has 0 atom stereocenters. The first-order valence-corrected chi connectivity index (χ1v) is 8.39. The van der Waals surface area contributed by atoms with Gasteiger partial charge in [0.05, 0.1) is 12.3 Å². The van der Waals surface area contributed by atoms with Crippen molar-refractivity contribution in [2.45, 2.75) is 18.8 Å². The number of amides is 1. The summed E-state index contributed by atoms with van der Waals surface area (Å²) in [7, 11) is 1.94. The minimum Gasteiger partial charge on any atom is -0.490 e. The van der Waals surface area contributed by atoms with Gasteiger partial charge in [0.1, 0.15) is 5.75 Å². The van der Waals surface area contributed by atoms with Gasteiger partial charge in [-0.2, -0.15) is 0 Å². The van der Waals surface area contributed by atoms with Crippen LogP contribution in [0.3, 0.4) is 0 Å². The lowest BCUT2D eigenvalue weighted by Crippen LogP contribution is -2.18. The Morgan fingerprint density at radius 2 is 2.26 bits per heavy atom. The Kier molecular flexibility index (Phi) is 9.58. The van der Waals surface area contributed by atoms with Crippen LogP contribution in [0.15, 0.2) is 34.8 Å². The van der Waals surface area contributed by atoms with Gasteiger partial charge < -0.3 is 10.1 Å². The Morgan fingerprint density at radius 3 is 2.83 bits per heavy atom. The maximum absolute atomic E-state index is 8.94. The van der Waals surface area contributed by atoms with E-state index in [4.69, 9.17) is 9.53 Å². The number of nitrogens with zero attached hydrogens (tertiary/aromatic N) is 1. The molecule has 0 bridgehead atoms. The molecule has 23 heavy (non-hydrogen) atoms. The molecular formula is C16H24N4O2S. The summed E-state index contributed by atoms with van der Waals surface area (Å²) in [6.07, 6.45) is 4.67. The summed E-state index contributed by atoms with van der Waals surface area (Å²) in [6, 6.07) is 6.35. The first-order chi connectivity index (χ1) is 11.3. The molecule has 1 aliphatic rings. The molecular weight excluding hydrogens is 312 g/mol. The molecule has 126 valence electrons. The molecule has 0 radical (unpaired) electrons. The second kappa shape index (κ2) is 11.6. The third-order valence-electron chi connectivity index (χ3n) is 3.11. The van der Waals surface area contributed by atoms with E-state index in [0.717, 1.165) is 17.2 Å². The molecule has 0 aliphatic heterocycles. The quantitative estimate of drug-likeness (QED) is 0.161. The van der Waals surface area contributed by atoms with Gasteiger partial charge in [-0.15, -0.1) is 11.8 Å². The second-order valence-electron chi connectivity index (χ2n) is 4.72. The lowest BCUT2D eigenvalue weighted by molar-refractivity contribution is -0.109. The minimum atomic E-state index is 0.403. The van der Waals surface area contributed by atoms with Gasteiger partial charge in [-0.25, -0.2) is 5.84 Å². The number of anilines is 1. The van der Waals surface area contributed by atoms with E-state index in [1.54, 1.807) is 23.4 Å². The first kappa shape index (κ1) is 19.1. The molecule has 2 rings (SSSR count). The maximum Gasteiger partial charge on any atom is 0.221 e. The highest BCUT2D eigenvalue weighted by Crippen LogP contribution is 2.46. The molecule has 1 fully saturated rings.